The van der Waals surface area contributed by atoms with Crippen molar-refractivity contribution in [2.75, 3.05) is 13.6 Å². The number of rotatable bonds is 5. The molecule has 10 heteroatoms. The summed E-state index contributed by atoms with van der Waals surface area (Å²) in [5.41, 5.74) is -0.100. The zero-order valence-electron chi connectivity index (χ0n) is 26.7. The molecule has 12 fully saturated rings. The summed E-state index contributed by atoms with van der Waals surface area (Å²) in [7, 11) is 0. The Hall–Kier alpha value is -2.16. The topological polar surface area (TPSA) is 147 Å². The van der Waals surface area contributed by atoms with E-state index in [1.807, 2.05) is 0 Å². The third kappa shape index (κ3) is 7.14. The number of hydrogen-bond donors (Lipinski definition) is 4. The minimum atomic E-state index is -0.750. The van der Waals surface area contributed by atoms with Crippen LogP contribution < -0.4 is 10.6 Å². The van der Waals surface area contributed by atoms with Crippen LogP contribution in [-0.4, -0.2) is 58.7 Å². The highest BCUT2D eigenvalue weighted by molar-refractivity contribution is 5.70. The second-order valence-corrected chi connectivity index (χ2v) is 17.1. The van der Waals surface area contributed by atoms with E-state index >= 15 is 0 Å². The lowest BCUT2D eigenvalue weighted by Crippen LogP contribution is -2.60. The maximum Gasteiger partial charge on any atom is 0.410 e. The molecule has 12 rings (SSSR count). The number of amides is 2. The number of aliphatic hydroxyl groups is 2. The normalized spacial score (nSPS) is 45.6. The lowest BCUT2D eigenvalue weighted by molar-refractivity contribution is -0.0355. The highest BCUT2D eigenvalue weighted by Crippen LogP contribution is 2.58. The number of carbonyl (C=O) groups is 2. The second kappa shape index (κ2) is 13.4. The van der Waals surface area contributed by atoms with Crippen LogP contribution in [0.5, 0.6) is 0 Å². The Morgan fingerprint density at radius 3 is 1.11 bits per heavy atom. The maximum atomic E-state index is 12.4. The van der Waals surface area contributed by atoms with Crippen molar-refractivity contribution in [2.24, 2.45) is 58.3 Å². The molecule has 4 N–H and O–H groups in total. The van der Waals surface area contributed by atoms with Gasteiger partial charge in [-0.2, -0.15) is 4.99 Å². The van der Waals surface area contributed by atoms with Crippen molar-refractivity contribution < 1.29 is 34.1 Å². The van der Waals surface area contributed by atoms with Crippen molar-refractivity contribution in [3.05, 3.63) is 0 Å². The first kappa shape index (κ1) is 33.7. The molecule has 0 radical (unpaired) electrons. The van der Waals surface area contributed by atoms with Gasteiger partial charge in [-0.1, -0.05) is 7.43 Å². The average Bonchev–Trinajstić information content (AvgIpc) is 2.91. The van der Waals surface area contributed by atoms with E-state index in [1.165, 1.54) is 77.0 Å². The van der Waals surface area contributed by atoms with Gasteiger partial charge in [-0.25, -0.2) is 14.4 Å². The van der Waals surface area contributed by atoms with Crippen LogP contribution in [0.25, 0.3) is 0 Å². The maximum absolute atomic E-state index is 12.4. The van der Waals surface area contributed by atoms with Crippen molar-refractivity contribution >= 4 is 18.3 Å². The molecule has 0 aromatic rings. The van der Waals surface area contributed by atoms with Crippen molar-refractivity contribution in [1.82, 2.24) is 10.6 Å². The first-order valence-electron chi connectivity index (χ1n) is 17.9. The molecule has 0 spiro atoms. The van der Waals surface area contributed by atoms with Crippen LogP contribution in [0.1, 0.15) is 123 Å². The van der Waals surface area contributed by atoms with Gasteiger partial charge in [0.15, 0.2) is 0 Å². The molecule has 12 bridgehead atoms. The Balaban J connectivity index is 0.000000182. The first-order chi connectivity index (χ1) is 21.7. The van der Waals surface area contributed by atoms with Gasteiger partial charge < -0.3 is 30.3 Å². The highest BCUT2D eigenvalue weighted by Gasteiger charge is 2.54. The van der Waals surface area contributed by atoms with Gasteiger partial charge in [-0.15, -0.1) is 0 Å². The largest absolute Gasteiger partial charge is 0.412 e. The minimum Gasteiger partial charge on any atom is -0.412 e. The standard InChI is InChI=1S/C23H34N2O4.C11H15NO.CH4O2.CH4/c26-20(24-22-7-14-1-15(8-22)3-16(2-14)9-22)28-13-29-21(27)25-23-10-17-4-18(11-23)6-19(5-17)12-23;13-7-12-11-4-8-1-9(5-11)3-10(2-8)6-11;2-1-3;/h14-19H,1-13H2,(H,24,26)(H,25,27);8-10H,1-6H2;2-3H,1H2;1H4. The van der Waals surface area contributed by atoms with Crippen LogP contribution in [0.4, 0.5) is 9.59 Å². The number of aliphatic imine (C=N–C) groups is 1. The molecule has 0 saturated heterocycles. The van der Waals surface area contributed by atoms with Crippen LogP contribution in [-0.2, 0) is 14.3 Å². The fourth-order valence-electron chi connectivity index (χ4n) is 13.5. The number of ether oxygens (including phenoxy) is 2. The smallest absolute Gasteiger partial charge is 0.410 e. The third-order valence-corrected chi connectivity index (χ3v) is 13.5. The third-order valence-electron chi connectivity index (χ3n) is 13.5. The van der Waals surface area contributed by atoms with E-state index in [9.17, 15) is 14.4 Å². The number of carbonyl (C=O) groups excluding carboxylic acids is 3. The molecule has 0 atom stereocenters. The van der Waals surface area contributed by atoms with Crippen molar-refractivity contribution in [3.8, 4) is 0 Å². The number of nitrogens with one attached hydrogen (secondary N) is 2. The zero-order chi connectivity index (χ0) is 31.2. The van der Waals surface area contributed by atoms with E-state index in [-0.39, 0.29) is 30.8 Å². The van der Waals surface area contributed by atoms with Gasteiger partial charge in [0, 0.05) is 11.1 Å². The quantitative estimate of drug-likeness (QED) is 0.159. The van der Waals surface area contributed by atoms with E-state index in [0.29, 0.717) is 0 Å². The molecular formula is C36H57N3O7. The molecular weight excluding hydrogens is 586 g/mol. The van der Waals surface area contributed by atoms with Crippen LogP contribution in [0.15, 0.2) is 4.99 Å². The monoisotopic (exact) mass is 643 g/mol. The molecule has 12 saturated carbocycles. The van der Waals surface area contributed by atoms with E-state index in [4.69, 9.17) is 19.7 Å². The summed E-state index contributed by atoms with van der Waals surface area (Å²) < 4.78 is 10.5. The lowest BCUT2D eigenvalue weighted by atomic mass is 9.53. The average molecular weight is 644 g/mol. The molecule has 0 aliphatic heterocycles. The Morgan fingerprint density at radius 2 is 0.848 bits per heavy atom. The van der Waals surface area contributed by atoms with Crippen LogP contribution in [0.2, 0.25) is 0 Å². The Kier molecular flexibility index (Phi) is 9.82. The van der Waals surface area contributed by atoms with Gasteiger partial charge >= 0.3 is 12.2 Å². The van der Waals surface area contributed by atoms with Crippen molar-refractivity contribution in [3.63, 3.8) is 0 Å². The van der Waals surface area contributed by atoms with Crippen LogP contribution in [0, 0.1) is 53.3 Å². The molecule has 10 nitrogen and oxygen atoms in total. The summed E-state index contributed by atoms with van der Waals surface area (Å²) in [6.45, 7) is -1.06. The van der Waals surface area contributed by atoms with Gasteiger partial charge in [0.05, 0.1) is 5.54 Å². The molecule has 258 valence electrons. The summed E-state index contributed by atoms with van der Waals surface area (Å²) in [6, 6.07) is 0. The van der Waals surface area contributed by atoms with Crippen molar-refractivity contribution in [1.29, 1.82) is 0 Å². The van der Waals surface area contributed by atoms with Gasteiger partial charge in [0.1, 0.15) is 6.79 Å². The molecule has 0 heterocycles. The molecule has 2 amide bonds. The molecule has 0 aromatic heterocycles. The van der Waals surface area contributed by atoms with Gasteiger partial charge in [-0.05, 0) is 169 Å². The highest BCUT2D eigenvalue weighted by atomic mass is 16.7. The number of hydrogen-bond acceptors (Lipinski definition) is 8. The molecule has 0 unspecified atom stereocenters. The number of alkyl carbamates (subject to hydrolysis) is 2. The second-order valence-electron chi connectivity index (χ2n) is 17.1. The lowest BCUT2D eigenvalue weighted by Gasteiger charge is -2.56. The summed E-state index contributed by atoms with van der Waals surface area (Å²) >= 11 is 0. The van der Waals surface area contributed by atoms with Gasteiger partial charge in [0.2, 0.25) is 12.9 Å². The van der Waals surface area contributed by atoms with E-state index in [0.717, 1.165) is 91.8 Å². The van der Waals surface area contributed by atoms with E-state index in [2.05, 4.69) is 15.6 Å². The SMILES string of the molecule is C.O=C(NC12CC3CC(CC(C3)C1)C2)OCOC(=O)NC12CC3CC(CC(C3)C1)C2.O=C=NC12CC3CC(CC(C3)C1)C2.OCO. The summed E-state index contributed by atoms with van der Waals surface area (Å²) in [6.07, 6.45) is 23.2. The fourth-order valence-corrected chi connectivity index (χ4v) is 13.5. The molecule has 46 heavy (non-hydrogen) atoms. The van der Waals surface area contributed by atoms with Gasteiger partial charge in [-0.3, -0.25) is 0 Å². The fraction of sp³-hybridized carbons (Fsp3) is 0.917. The first-order valence-corrected chi connectivity index (χ1v) is 17.9. The van der Waals surface area contributed by atoms with E-state index < -0.39 is 19.0 Å². The molecule has 0 aromatic carbocycles. The van der Waals surface area contributed by atoms with Crippen LogP contribution in [0.3, 0.4) is 0 Å². The predicted octanol–water partition coefficient (Wildman–Crippen LogP) is 6.19. The minimum absolute atomic E-state index is 0. The summed E-state index contributed by atoms with van der Waals surface area (Å²) in [5, 5.41) is 20.6. The Morgan fingerprint density at radius 1 is 0.587 bits per heavy atom. The van der Waals surface area contributed by atoms with Crippen LogP contribution >= 0.6 is 0 Å². The van der Waals surface area contributed by atoms with Crippen molar-refractivity contribution in [2.45, 2.75) is 140 Å². The number of isocyanates is 1. The molecule has 12 aliphatic carbocycles. The van der Waals surface area contributed by atoms with E-state index in [1.54, 1.807) is 6.08 Å². The predicted molar refractivity (Wildman–Crippen MR) is 171 cm³/mol. The van der Waals surface area contributed by atoms with Gasteiger partial charge in [0.25, 0.3) is 0 Å². The number of nitrogens with zero attached hydrogens (tertiary/aromatic N) is 1. The summed E-state index contributed by atoms with van der Waals surface area (Å²) in [4.78, 5) is 39.3. The Labute approximate surface area is 274 Å². The molecule has 12 aliphatic rings. The zero-order valence-corrected chi connectivity index (χ0v) is 26.7. The Bertz CT molecular complexity index is 1000. The number of aliphatic hydroxyl groups excluding tert-OH is 1. The summed E-state index contributed by atoms with van der Waals surface area (Å²) in [5.74, 6) is 7.24.